The Morgan fingerprint density at radius 1 is 1.19 bits per heavy atom. The molecule has 1 aliphatic heterocycles. The molecule has 1 unspecified atom stereocenters. The minimum absolute atomic E-state index is 0.0314. The quantitative estimate of drug-likeness (QED) is 0.405. The van der Waals surface area contributed by atoms with Crippen molar-refractivity contribution in [3.63, 3.8) is 0 Å². The Morgan fingerprint density at radius 3 is 2.78 bits per heavy atom. The van der Waals surface area contributed by atoms with Crippen LogP contribution in [0.2, 0.25) is 0 Å². The van der Waals surface area contributed by atoms with Crippen LogP contribution in [0.4, 0.5) is 9.52 Å². The van der Waals surface area contributed by atoms with E-state index in [0.29, 0.717) is 26.4 Å². The summed E-state index contributed by atoms with van der Waals surface area (Å²) < 4.78 is 19.6. The van der Waals surface area contributed by atoms with Gasteiger partial charge in [-0.05, 0) is 47.3 Å². The fourth-order valence-electron chi connectivity index (χ4n) is 3.69. The molecule has 1 N–H and O–H groups in total. The first-order valence-corrected chi connectivity index (χ1v) is 11.2. The third-order valence-electron chi connectivity index (χ3n) is 5.15. The van der Waals surface area contributed by atoms with E-state index in [0.717, 1.165) is 11.3 Å². The third-order valence-corrected chi connectivity index (χ3v) is 7.04. The predicted molar refractivity (Wildman–Crippen MR) is 121 cm³/mol. The Bertz CT molecular complexity index is 1390. The Kier molecular flexibility index (Phi) is 4.99. The van der Waals surface area contributed by atoms with Crippen LogP contribution in [0, 0.1) is 5.82 Å². The summed E-state index contributed by atoms with van der Waals surface area (Å²) in [6, 6.07) is 13.5. The number of aliphatic hydroxyl groups excluding tert-OH is 1. The number of carbonyl (C=O) groups excluding carboxylic acids is 2. The molecule has 0 fully saturated rings. The smallest absolute Gasteiger partial charge is 0.296 e. The van der Waals surface area contributed by atoms with Crippen LogP contribution in [0.1, 0.15) is 21.3 Å². The van der Waals surface area contributed by atoms with Crippen molar-refractivity contribution in [1.29, 1.82) is 0 Å². The van der Waals surface area contributed by atoms with Gasteiger partial charge in [-0.2, -0.15) is 0 Å². The van der Waals surface area contributed by atoms with Crippen LogP contribution in [0.5, 0.6) is 5.75 Å². The average molecular weight is 467 g/mol. The molecule has 0 radical (unpaired) electrons. The van der Waals surface area contributed by atoms with Gasteiger partial charge in [0.2, 0.25) is 5.78 Å². The van der Waals surface area contributed by atoms with Crippen LogP contribution in [0.25, 0.3) is 10.2 Å². The molecular formula is C23H15FN2O4S2. The van der Waals surface area contributed by atoms with E-state index in [-0.39, 0.29) is 10.7 Å². The fraction of sp³-hybridized carbons (Fsp3) is 0.0870. The number of halogens is 1. The number of aliphatic hydroxyl groups is 1. The average Bonchev–Trinajstić information content (AvgIpc) is 3.52. The number of thiazole rings is 1. The minimum Gasteiger partial charge on any atom is -0.503 e. The lowest BCUT2D eigenvalue weighted by Crippen LogP contribution is -2.30. The number of ether oxygens (including phenoxy) is 1. The Hall–Kier alpha value is -3.56. The Balaban J connectivity index is 1.69. The van der Waals surface area contributed by atoms with E-state index in [9.17, 15) is 19.1 Å². The number of aromatic nitrogens is 1. The summed E-state index contributed by atoms with van der Waals surface area (Å²) in [6.07, 6.45) is 0. The molecule has 5 rings (SSSR count). The van der Waals surface area contributed by atoms with E-state index in [1.54, 1.807) is 41.8 Å². The molecule has 0 saturated heterocycles. The molecule has 160 valence electrons. The molecule has 1 atom stereocenters. The van der Waals surface area contributed by atoms with Crippen molar-refractivity contribution in [3.8, 4) is 5.75 Å². The molecule has 32 heavy (non-hydrogen) atoms. The number of hydrogen-bond acceptors (Lipinski definition) is 7. The van der Waals surface area contributed by atoms with Gasteiger partial charge < -0.3 is 9.84 Å². The van der Waals surface area contributed by atoms with Crippen molar-refractivity contribution >= 4 is 49.7 Å². The van der Waals surface area contributed by atoms with Gasteiger partial charge in [0, 0.05) is 0 Å². The molecule has 0 bridgehead atoms. The lowest BCUT2D eigenvalue weighted by Gasteiger charge is -2.24. The van der Waals surface area contributed by atoms with Crippen LogP contribution >= 0.6 is 22.7 Å². The summed E-state index contributed by atoms with van der Waals surface area (Å²) in [6.45, 7) is 0. The maximum atomic E-state index is 13.7. The van der Waals surface area contributed by atoms with Gasteiger partial charge in [-0.15, -0.1) is 11.3 Å². The number of nitrogens with zero attached hydrogens (tertiary/aromatic N) is 2. The highest BCUT2D eigenvalue weighted by Crippen LogP contribution is 2.45. The molecule has 3 heterocycles. The van der Waals surface area contributed by atoms with Crippen molar-refractivity contribution in [2.24, 2.45) is 0 Å². The van der Waals surface area contributed by atoms with Crippen LogP contribution < -0.4 is 9.64 Å². The lowest BCUT2D eigenvalue weighted by molar-refractivity contribution is -0.117. The molecule has 2 aromatic carbocycles. The topological polar surface area (TPSA) is 79.7 Å². The summed E-state index contributed by atoms with van der Waals surface area (Å²) in [7, 11) is 1.52. The van der Waals surface area contributed by atoms with Gasteiger partial charge in [0.1, 0.15) is 11.6 Å². The first-order valence-electron chi connectivity index (χ1n) is 9.53. The molecule has 2 aromatic heterocycles. The second kappa shape index (κ2) is 7.85. The van der Waals surface area contributed by atoms with E-state index in [2.05, 4.69) is 4.98 Å². The summed E-state index contributed by atoms with van der Waals surface area (Å²) in [5, 5.41) is 12.8. The van der Waals surface area contributed by atoms with Gasteiger partial charge >= 0.3 is 0 Å². The third kappa shape index (κ3) is 3.26. The minimum atomic E-state index is -0.919. The molecule has 0 saturated carbocycles. The van der Waals surface area contributed by atoms with E-state index in [4.69, 9.17) is 4.74 Å². The molecule has 9 heteroatoms. The lowest BCUT2D eigenvalue weighted by atomic mass is 9.95. The maximum absolute atomic E-state index is 13.7. The number of fused-ring (bicyclic) bond motifs is 1. The normalized spacial score (nSPS) is 16.2. The van der Waals surface area contributed by atoms with Crippen molar-refractivity contribution in [3.05, 3.63) is 87.6 Å². The first kappa shape index (κ1) is 20.3. The van der Waals surface area contributed by atoms with Crippen molar-refractivity contribution in [2.75, 3.05) is 12.0 Å². The van der Waals surface area contributed by atoms with Crippen LogP contribution in [-0.4, -0.2) is 28.9 Å². The highest BCUT2D eigenvalue weighted by Gasteiger charge is 2.46. The number of benzene rings is 2. The van der Waals surface area contributed by atoms with Crippen molar-refractivity contribution < 1.29 is 23.8 Å². The standard InChI is InChI=1S/C23H15FN2O4S2/c1-30-14-5-2-4-12(10-14)19-18(20(27)16-6-3-9-31-16)21(28)22(29)26(19)23-25-15-8-7-13(24)11-17(15)32-23/h2-11,19,28H,1H3. The van der Waals surface area contributed by atoms with Crippen LogP contribution in [-0.2, 0) is 4.79 Å². The number of rotatable bonds is 5. The maximum Gasteiger partial charge on any atom is 0.296 e. The summed E-state index contributed by atoms with van der Waals surface area (Å²) in [5.74, 6) is -1.68. The largest absolute Gasteiger partial charge is 0.503 e. The van der Waals surface area contributed by atoms with Gasteiger partial charge in [-0.3, -0.25) is 14.5 Å². The predicted octanol–water partition coefficient (Wildman–Crippen LogP) is 5.29. The molecule has 1 amide bonds. The van der Waals surface area contributed by atoms with E-state index in [1.807, 2.05) is 0 Å². The SMILES string of the molecule is COc1cccc(C2C(C(=O)c3cccs3)=C(O)C(=O)N2c2nc3ccc(F)cc3s2)c1. The number of Topliss-reactive ketones (excluding diaryl/α,β-unsaturated/α-hetero) is 1. The fourth-order valence-corrected chi connectivity index (χ4v) is 5.39. The zero-order valence-corrected chi connectivity index (χ0v) is 18.2. The number of methoxy groups -OCH3 is 1. The summed E-state index contributed by atoms with van der Waals surface area (Å²) >= 11 is 2.33. The van der Waals surface area contributed by atoms with Crippen LogP contribution in [0.15, 0.2) is 71.3 Å². The van der Waals surface area contributed by atoms with E-state index in [1.165, 1.54) is 41.5 Å². The zero-order valence-electron chi connectivity index (χ0n) is 16.6. The number of amides is 1. The van der Waals surface area contributed by atoms with Gasteiger partial charge in [0.05, 0.1) is 33.8 Å². The van der Waals surface area contributed by atoms with Crippen molar-refractivity contribution in [1.82, 2.24) is 4.98 Å². The first-order chi connectivity index (χ1) is 15.5. The van der Waals surface area contributed by atoms with Gasteiger partial charge in [-0.1, -0.05) is 29.5 Å². The highest BCUT2D eigenvalue weighted by atomic mass is 32.1. The molecule has 0 aliphatic carbocycles. The number of anilines is 1. The van der Waals surface area contributed by atoms with Crippen LogP contribution in [0.3, 0.4) is 0 Å². The van der Waals surface area contributed by atoms with E-state index < -0.39 is 29.3 Å². The van der Waals surface area contributed by atoms with Crippen molar-refractivity contribution in [2.45, 2.75) is 6.04 Å². The van der Waals surface area contributed by atoms with Gasteiger partial charge in [0.25, 0.3) is 5.91 Å². The number of carbonyl (C=O) groups is 2. The second-order valence-corrected chi connectivity index (χ2v) is 8.99. The molecule has 6 nitrogen and oxygen atoms in total. The Morgan fingerprint density at radius 2 is 2.03 bits per heavy atom. The summed E-state index contributed by atoms with van der Waals surface area (Å²) in [5.41, 5.74) is 1.06. The molecule has 0 spiro atoms. The molecule has 1 aliphatic rings. The molecular weight excluding hydrogens is 451 g/mol. The van der Waals surface area contributed by atoms with Gasteiger partial charge in [0.15, 0.2) is 10.9 Å². The summed E-state index contributed by atoms with van der Waals surface area (Å²) in [4.78, 5) is 32.7. The van der Waals surface area contributed by atoms with E-state index >= 15 is 0 Å². The van der Waals surface area contributed by atoms with Gasteiger partial charge in [-0.25, -0.2) is 9.37 Å². The molecule has 4 aromatic rings. The number of hydrogen-bond donors (Lipinski definition) is 1. The highest BCUT2D eigenvalue weighted by molar-refractivity contribution is 7.22. The zero-order chi connectivity index (χ0) is 22.4. The Labute approximate surface area is 189 Å². The number of ketones is 1. The monoisotopic (exact) mass is 466 g/mol. The second-order valence-electron chi connectivity index (χ2n) is 7.03. The number of thiophene rings is 1.